The van der Waals surface area contributed by atoms with Crippen LogP contribution in [0.25, 0.3) is 5.69 Å². The highest BCUT2D eigenvalue weighted by Gasteiger charge is 2.22. The first kappa shape index (κ1) is 11.8. The Hall–Kier alpha value is -1.69. The molecule has 0 fully saturated rings. The van der Waals surface area contributed by atoms with E-state index < -0.39 is 15.5 Å². The van der Waals surface area contributed by atoms with Gasteiger partial charge in [0.05, 0.1) is 11.9 Å². The van der Waals surface area contributed by atoms with Gasteiger partial charge in [0.25, 0.3) is 0 Å². The molecule has 0 aliphatic rings. The Morgan fingerprint density at radius 1 is 1.29 bits per heavy atom. The fourth-order valence-corrected chi connectivity index (χ4v) is 1.88. The lowest BCUT2D eigenvalue weighted by atomic mass is 10.3. The molecule has 0 saturated heterocycles. The van der Waals surface area contributed by atoms with Crippen LogP contribution in [0.4, 0.5) is 3.89 Å². The maximum Gasteiger partial charge on any atom is 0.309 e. The van der Waals surface area contributed by atoms with Crippen molar-refractivity contribution in [1.82, 2.24) is 9.78 Å². The van der Waals surface area contributed by atoms with E-state index in [-0.39, 0.29) is 0 Å². The van der Waals surface area contributed by atoms with Crippen LogP contribution in [-0.4, -0.2) is 18.2 Å². The molecule has 1 heterocycles. The van der Waals surface area contributed by atoms with E-state index in [2.05, 4.69) is 5.10 Å². The second-order valence-electron chi connectivity index (χ2n) is 3.67. The maximum absolute atomic E-state index is 12.8. The van der Waals surface area contributed by atoms with E-state index in [0.717, 1.165) is 5.69 Å². The molecule has 1 aromatic heterocycles. The van der Waals surface area contributed by atoms with Crippen LogP contribution in [0.1, 0.15) is 17.7 Å². The zero-order chi connectivity index (χ0) is 12.5. The van der Waals surface area contributed by atoms with Gasteiger partial charge in [-0.15, -0.1) is 3.89 Å². The van der Waals surface area contributed by atoms with Crippen molar-refractivity contribution in [2.75, 3.05) is 0 Å². The maximum atomic E-state index is 12.8. The summed E-state index contributed by atoms with van der Waals surface area (Å²) in [4.78, 5) is 0. The van der Waals surface area contributed by atoms with Gasteiger partial charge in [-0.1, -0.05) is 18.2 Å². The summed E-state index contributed by atoms with van der Waals surface area (Å²) >= 11 is 0. The quantitative estimate of drug-likeness (QED) is 0.789. The summed E-state index contributed by atoms with van der Waals surface area (Å²) in [6, 6.07) is 9.19. The Bertz CT molecular complexity index is 607. The first-order valence-corrected chi connectivity index (χ1v) is 6.46. The third kappa shape index (κ3) is 2.52. The Morgan fingerprint density at radius 3 is 2.53 bits per heavy atom. The van der Waals surface area contributed by atoms with Crippen molar-refractivity contribution in [2.24, 2.45) is 0 Å². The number of nitrogens with zero attached hydrogens (tertiary/aromatic N) is 2. The molecular formula is C11H11FN2O2S. The average molecular weight is 254 g/mol. The molecule has 4 nitrogen and oxygen atoms in total. The minimum absolute atomic E-state index is 0.330. The predicted octanol–water partition coefficient (Wildman–Crippen LogP) is 2.23. The molecule has 0 saturated carbocycles. The van der Waals surface area contributed by atoms with Crippen LogP contribution in [0.15, 0.2) is 42.7 Å². The highest BCUT2D eigenvalue weighted by molar-refractivity contribution is 7.86. The standard InChI is InChI=1S/C11H11FN2O2S/c1-9(17(12,15)16)10-7-13-14(8-10)11-5-3-2-4-6-11/h2-9H,1H3. The largest absolute Gasteiger partial charge is 0.309 e. The van der Waals surface area contributed by atoms with Gasteiger partial charge >= 0.3 is 10.2 Å². The van der Waals surface area contributed by atoms with Crippen molar-refractivity contribution in [2.45, 2.75) is 12.2 Å². The molecule has 0 radical (unpaired) electrons. The molecule has 90 valence electrons. The molecule has 0 aliphatic carbocycles. The predicted molar refractivity (Wildman–Crippen MR) is 62.0 cm³/mol. The van der Waals surface area contributed by atoms with E-state index in [1.807, 2.05) is 30.3 Å². The van der Waals surface area contributed by atoms with Crippen LogP contribution < -0.4 is 0 Å². The van der Waals surface area contributed by atoms with Gasteiger partial charge in [-0.3, -0.25) is 0 Å². The number of hydrogen-bond acceptors (Lipinski definition) is 3. The van der Waals surface area contributed by atoms with Crippen LogP contribution in [0.5, 0.6) is 0 Å². The molecule has 0 aliphatic heterocycles. The Balaban J connectivity index is 2.35. The number of hydrogen-bond donors (Lipinski definition) is 0. The van der Waals surface area contributed by atoms with E-state index >= 15 is 0 Å². The van der Waals surface area contributed by atoms with Gasteiger partial charge < -0.3 is 0 Å². The van der Waals surface area contributed by atoms with Crippen molar-refractivity contribution in [3.63, 3.8) is 0 Å². The molecule has 0 bridgehead atoms. The van der Waals surface area contributed by atoms with Crippen LogP contribution >= 0.6 is 0 Å². The fourth-order valence-electron chi connectivity index (χ4n) is 1.43. The summed E-state index contributed by atoms with van der Waals surface area (Å²) in [5.74, 6) is 0. The number of aromatic nitrogens is 2. The second kappa shape index (κ2) is 4.29. The fraction of sp³-hybridized carbons (Fsp3) is 0.182. The van der Waals surface area contributed by atoms with Crippen LogP contribution in [0.2, 0.25) is 0 Å². The van der Waals surface area contributed by atoms with Gasteiger partial charge in [-0.2, -0.15) is 13.5 Å². The number of para-hydroxylation sites is 1. The number of halogens is 1. The summed E-state index contributed by atoms with van der Waals surface area (Å²) in [7, 11) is -4.58. The molecule has 0 spiro atoms. The van der Waals surface area contributed by atoms with Crippen molar-refractivity contribution in [3.8, 4) is 5.69 Å². The molecule has 17 heavy (non-hydrogen) atoms. The third-order valence-electron chi connectivity index (χ3n) is 2.52. The van der Waals surface area contributed by atoms with Crippen LogP contribution in [0, 0.1) is 0 Å². The van der Waals surface area contributed by atoms with Crippen LogP contribution in [0.3, 0.4) is 0 Å². The smallest absolute Gasteiger partial charge is 0.241 e. The van der Waals surface area contributed by atoms with E-state index in [4.69, 9.17) is 0 Å². The van der Waals surface area contributed by atoms with Crippen LogP contribution in [-0.2, 0) is 10.2 Å². The molecule has 2 aromatic rings. The number of rotatable bonds is 3. The highest BCUT2D eigenvalue weighted by atomic mass is 32.3. The van der Waals surface area contributed by atoms with Crippen molar-refractivity contribution >= 4 is 10.2 Å². The zero-order valence-corrected chi connectivity index (χ0v) is 9.93. The zero-order valence-electron chi connectivity index (χ0n) is 9.12. The number of benzene rings is 1. The van der Waals surface area contributed by atoms with Gasteiger partial charge in [0, 0.05) is 11.8 Å². The molecule has 2 rings (SSSR count). The molecule has 0 amide bonds. The second-order valence-corrected chi connectivity index (χ2v) is 5.33. The van der Waals surface area contributed by atoms with E-state index in [1.54, 1.807) is 0 Å². The lowest BCUT2D eigenvalue weighted by molar-refractivity contribution is 0.540. The van der Waals surface area contributed by atoms with Crippen molar-refractivity contribution in [3.05, 3.63) is 48.3 Å². The first-order valence-electron chi connectivity index (χ1n) is 5.02. The summed E-state index contributed by atoms with van der Waals surface area (Å²) in [6.07, 6.45) is 2.87. The van der Waals surface area contributed by atoms with Gasteiger partial charge in [0.15, 0.2) is 0 Å². The van der Waals surface area contributed by atoms with E-state index in [1.165, 1.54) is 24.0 Å². The highest BCUT2D eigenvalue weighted by Crippen LogP contribution is 2.23. The molecule has 1 aromatic carbocycles. The molecule has 1 atom stereocenters. The normalized spacial score (nSPS) is 13.5. The minimum atomic E-state index is -4.58. The lowest BCUT2D eigenvalue weighted by Gasteiger charge is -2.02. The monoisotopic (exact) mass is 254 g/mol. The Kier molecular flexibility index (Phi) is 2.97. The third-order valence-corrected chi connectivity index (χ3v) is 3.63. The molecule has 0 N–H and O–H groups in total. The summed E-state index contributed by atoms with van der Waals surface area (Å²) in [5, 5.41) is 2.81. The summed E-state index contributed by atoms with van der Waals surface area (Å²) in [6.45, 7) is 1.29. The minimum Gasteiger partial charge on any atom is -0.241 e. The average Bonchev–Trinajstić information content (AvgIpc) is 2.77. The first-order chi connectivity index (χ1) is 7.98. The topological polar surface area (TPSA) is 52.0 Å². The van der Waals surface area contributed by atoms with E-state index in [0.29, 0.717) is 5.56 Å². The lowest BCUT2D eigenvalue weighted by Crippen LogP contribution is -2.02. The van der Waals surface area contributed by atoms with Gasteiger partial charge in [-0.05, 0) is 19.1 Å². The molecule has 1 unspecified atom stereocenters. The van der Waals surface area contributed by atoms with Gasteiger partial charge in [-0.25, -0.2) is 4.68 Å². The Morgan fingerprint density at radius 2 is 1.94 bits per heavy atom. The summed E-state index contributed by atoms with van der Waals surface area (Å²) < 4.78 is 35.9. The SMILES string of the molecule is CC(c1cnn(-c2ccccc2)c1)S(=O)(=O)F. The van der Waals surface area contributed by atoms with Gasteiger partial charge in [0.1, 0.15) is 5.25 Å². The van der Waals surface area contributed by atoms with Gasteiger partial charge in [0.2, 0.25) is 0 Å². The van der Waals surface area contributed by atoms with E-state index in [9.17, 15) is 12.3 Å². The molecule has 6 heteroatoms. The Labute approximate surface area is 98.9 Å². The van der Waals surface area contributed by atoms with Crippen molar-refractivity contribution < 1.29 is 12.3 Å². The van der Waals surface area contributed by atoms with Crippen molar-refractivity contribution in [1.29, 1.82) is 0 Å². The summed E-state index contributed by atoms with van der Waals surface area (Å²) in [5.41, 5.74) is 1.12. The molecular weight excluding hydrogens is 243 g/mol.